The molecule has 0 unspecified atom stereocenters. The lowest BCUT2D eigenvalue weighted by Crippen LogP contribution is -2.30. The first-order chi connectivity index (χ1) is 8.81. The van der Waals surface area contributed by atoms with Gasteiger partial charge >= 0.3 is 12.4 Å². The Labute approximate surface area is 113 Å². The Kier molecular flexibility index (Phi) is 5.33. The predicted molar refractivity (Wildman–Crippen MR) is 61.6 cm³/mol. The summed E-state index contributed by atoms with van der Waals surface area (Å²) in [5.74, 6) is -0.908. The molecule has 1 aromatic heterocycles. The van der Waals surface area contributed by atoms with E-state index in [4.69, 9.17) is 0 Å². The number of pyridine rings is 1. The van der Waals surface area contributed by atoms with Crippen molar-refractivity contribution in [3.05, 3.63) is 16.6 Å². The van der Waals surface area contributed by atoms with Crippen molar-refractivity contribution in [2.75, 3.05) is 18.5 Å². The fourth-order valence-electron chi connectivity index (χ4n) is 0.996. The highest BCUT2D eigenvalue weighted by Gasteiger charge is 2.32. The van der Waals surface area contributed by atoms with Crippen LogP contribution in [0.15, 0.2) is 16.6 Å². The first-order valence-corrected chi connectivity index (χ1v) is 5.64. The van der Waals surface area contributed by atoms with Crippen LogP contribution in [0.5, 0.6) is 5.88 Å². The number of carbonyl (C=O) groups excluding carboxylic acids is 1. The average Bonchev–Trinajstić information content (AvgIpc) is 2.29. The molecule has 0 radical (unpaired) electrons. The Bertz CT molecular complexity index is 456. The van der Waals surface area contributed by atoms with E-state index in [1.54, 1.807) is 0 Å². The molecule has 0 aliphatic rings. The third-order valence-electron chi connectivity index (χ3n) is 1.65. The molecule has 0 atom stereocenters. The molecule has 0 fully saturated rings. The number of hydrogen-bond acceptors (Lipinski definition) is 3. The van der Waals surface area contributed by atoms with E-state index in [2.05, 4.69) is 36.3 Å². The maximum atomic E-state index is 12.1. The van der Waals surface area contributed by atoms with Crippen molar-refractivity contribution < 1.29 is 27.1 Å². The summed E-state index contributed by atoms with van der Waals surface area (Å²) < 4.78 is 51.6. The molecule has 0 aliphatic carbocycles. The van der Waals surface area contributed by atoms with Crippen molar-refractivity contribution in [1.82, 2.24) is 10.3 Å². The summed E-state index contributed by atoms with van der Waals surface area (Å²) in [7, 11) is 0. The van der Waals surface area contributed by atoms with Crippen molar-refractivity contribution in [3.8, 4) is 5.88 Å². The molecule has 1 heterocycles. The number of amides is 2. The Hall–Kier alpha value is -1.58. The fourth-order valence-corrected chi connectivity index (χ4v) is 1.30. The lowest BCUT2D eigenvalue weighted by atomic mass is 10.4. The molecular formula is C9H8BrF4N3O2. The van der Waals surface area contributed by atoms with E-state index >= 15 is 0 Å². The van der Waals surface area contributed by atoms with Crippen molar-refractivity contribution >= 4 is 27.8 Å². The summed E-state index contributed by atoms with van der Waals surface area (Å²) >= 11 is 2.83. The van der Waals surface area contributed by atoms with Crippen LogP contribution in [0, 0.1) is 0 Å². The molecule has 19 heavy (non-hydrogen) atoms. The summed E-state index contributed by atoms with van der Waals surface area (Å²) in [5.41, 5.74) is 0. The van der Waals surface area contributed by atoms with Gasteiger partial charge in [-0.2, -0.15) is 4.98 Å². The summed E-state index contributed by atoms with van der Waals surface area (Å²) in [6, 6.07) is 1.69. The van der Waals surface area contributed by atoms with Crippen molar-refractivity contribution in [2.24, 2.45) is 0 Å². The zero-order chi connectivity index (χ0) is 14.5. The largest absolute Gasteiger partial charge is 0.574 e. The van der Waals surface area contributed by atoms with Gasteiger partial charge < -0.3 is 10.1 Å². The van der Waals surface area contributed by atoms with Gasteiger partial charge in [-0.15, -0.1) is 13.2 Å². The smallest absolute Gasteiger partial charge is 0.387 e. The minimum atomic E-state index is -4.90. The number of nitrogens with zero attached hydrogens (tertiary/aromatic N) is 1. The van der Waals surface area contributed by atoms with Crippen LogP contribution >= 0.6 is 15.9 Å². The zero-order valence-corrected chi connectivity index (χ0v) is 10.8. The highest BCUT2D eigenvalue weighted by Crippen LogP contribution is 2.29. The maximum absolute atomic E-state index is 12.1. The van der Waals surface area contributed by atoms with Crippen LogP contribution in [0.2, 0.25) is 0 Å². The Morgan fingerprint density at radius 2 is 2.11 bits per heavy atom. The number of ether oxygens (including phenoxy) is 1. The number of alkyl halides is 4. The number of hydrogen-bond donors (Lipinski definition) is 2. The molecule has 0 aromatic carbocycles. The molecule has 0 aliphatic heterocycles. The van der Waals surface area contributed by atoms with Gasteiger partial charge in [0.05, 0.1) is 4.47 Å². The predicted octanol–water partition coefficient (Wildman–Crippen LogP) is 2.83. The molecule has 0 bridgehead atoms. The molecule has 0 spiro atoms. The second kappa shape index (κ2) is 6.55. The molecule has 0 saturated carbocycles. The van der Waals surface area contributed by atoms with E-state index < -0.39 is 24.9 Å². The monoisotopic (exact) mass is 345 g/mol. The SMILES string of the molecule is O=C(NCCF)Nc1ccc(Br)c(OC(F)(F)F)n1. The minimum absolute atomic E-state index is 0.0282. The van der Waals surface area contributed by atoms with E-state index in [1.807, 2.05) is 0 Å². The Morgan fingerprint density at radius 3 is 2.68 bits per heavy atom. The molecule has 10 heteroatoms. The number of halogens is 5. The first kappa shape index (κ1) is 15.5. The molecule has 2 amide bonds. The second-order valence-corrected chi connectivity index (χ2v) is 3.96. The molecular weight excluding hydrogens is 338 g/mol. The highest BCUT2D eigenvalue weighted by atomic mass is 79.9. The average molecular weight is 346 g/mol. The Morgan fingerprint density at radius 1 is 1.42 bits per heavy atom. The normalized spacial score (nSPS) is 11.0. The number of nitrogens with one attached hydrogen (secondary N) is 2. The van der Waals surface area contributed by atoms with E-state index in [-0.39, 0.29) is 16.8 Å². The van der Waals surface area contributed by atoms with E-state index in [0.717, 1.165) is 0 Å². The van der Waals surface area contributed by atoms with Gasteiger partial charge in [-0.1, -0.05) is 0 Å². The first-order valence-electron chi connectivity index (χ1n) is 4.85. The minimum Gasteiger partial charge on any atom is -0.387 e. The number of carbonyl (C=O) groups is 1. The quantitative estimate of drug-likeness (QED) is 0.825. The molecule has 106 valence electrons. The van der Waals surface area contributed by atoms with E-state index in [0.29, 0.717) is 0 Å². The van der Waals surface area contributed by atoms with Crippen LogP contribution in [0.1, 0.15) is 0 Å². The van der Waals surface area contributed by atoms with Crippen molar-refractivity contribution in [3.63, 3.8) is 0 Å². The van der Waals surface area contributed by atoms with Gasteiger partial charge in [0.15, 0.2) is 0 Å². The van der Waals surface area contributed by atoms with Gasteiger partial charge in [-0.05, 0) is 28.1 Å². The van der Waals surface area contributed by atoms with Gasteiger partial charge in [-0.25, -0.2) is 9.18 Å². The maximum Gasteiger partial charge on any atom is 0.574 e. The zero-order valence-electron chi connectivity index (χ0n) is 9.22. The highest BCUT2D eigenvalue weighted by molar-refractivity contribution is 9.10. The van der Waals surface area contributed by atoms with Crippen LogP contribution in [-0.2, 0) is 0 Å². The number of urea groups is 1. The van der Waals surface area contributed by atoms with Crippen molar-refractivity contribution in [2.45, 2.75) is 6.36 Å². The van der Waals surface area contributed by atoms with Crippen LogP contribution in [0.25, 0.3) is 0 Å². The summed E-state index contributed by atoms with van der Waals surface area (Å²) in [5, 5.41) is 4.26. The molecule has 2 N–H and O–H groups in total. The van der Waals surface area contributed by atoms with Crippen LogP contribution in [-0.4, -0.2) is 30.6 Å². The topological polar surface area (TPSA) is 63.2 Å². The third kappa shape index (κ3) is 5.73. The lowest BCUT2D eigenvalue weighted by Gasteiger charge is -2.11. The lowest BCUT2D eigenvalue weighted by molar-refractivity contribution is -0.276. The number of rotatable bonds is 4. The van der Waals surface area contributed by atoms with Crippen LogP contribution < -0.4 is 15.4 Å². The van der Waals surface area contributed by atoms with Gasteiger partial charge in [0.1, 0.15) is 12.5 Å². The van der Waals surface area contributed by atoms with E-state index in [1.165, 1.54) is 12.1 Å². The van der Waals surface area contributed by atoms with Crippen LogP contribution in [0.3, 0.4) is 0 Å². The molecule has 1 aromatic rings. The molecule has 1 rings (SSSR count). The van der Waals surface area contributed by atoms with Gasteiger partial charge in [0.25, 0.3) is 0 Å². The van der Waals surface area contributed by atoms with E-state index in [9.17, 15) is 22.4 Å². The standard InChI is InChI=1S/C9H8BrF4N3O2/c10-5-1-2-6(17-8(18)15-4-3-11)16-7(5)19-9(12,13)14/h1-2H,3-4H2,(H2,15,16,17,18). The third-order valence-corrected chi connectivity index (χ3v) is 2.25. The summed E-state index contributed by atoms with van der Waals surface area (Å²) in [6.07, 6.45) is -4.90. The van der Waals surface area contributed by atoms with Gasteiger partial charge in [0, 0.05) is 6.54 Å². The summed E-state index contributed by atoms with van der Waals surface area (Å²) in [6.45, 7) is -0.974. The van der Waals surface area contributed by atoms with Crippen LogP contribution in [0.4, 0.5) is 28.2 Å². The summed E-state index contributed by atoms with van der Waals surface area (Å²) in [4.78, 5) is 14.6. The van der Waals surface area contributed by atoms with Crippen molar-refractivity contribution in [1.29, 1.82) is 0 Å². The van der Waals surface area contributed by atoms with Gasteiger partial charge in [0.2, 0.25) is 5.88 Å². The fraction of sp³-hybridized carbons (Fsp3) is 0.333. The molecule has 0 saturated heterocycles. The second-order valence-electron chi connectivity index (χ2n) is 3.10. The molecule has 5 nitrogen and oxygen atoms in total. The number of anilines is 1. The Balaban J connectivity index is 2.76. The van der Waals surface area contributed by atoms with Gasteiger partial charge in [-0.3, -0.25) is 5.32 Å². The number of aromatic nitrogens is 1.